The molecule has 0 radical (unpaired) electrons. The van der Waals surface area contributed by atoms with Crippen LogP contribution in [-0.4, -0.2) is 36.0 Å². The van der Waals surface area contributed by atoms with Gasteiger partial charge in [-0.15, -0.1) is 0 Å². The van der Waals surface area contributed by atoms with E-state index in [1.807, 2.05) is 0 Å². The van der Waals surface area contributed by atoms with Crippen molar-refractivity contribution in [3.63, 3.8) is 0 Å². The summed E-state index contributed by atoms with van der Waals surface area (Å²) in [4.78, 5) is 3.65. The monoisotopic (exact) mass is 548 g/mol. The molecule has 0 spiro atoms. The van der Waals surface area contributed by atoms with Crippen molar-refractivity contribution in [3.05, 3.63) is 95.7 Å². The topological polar surface area (TPSA) is 86.1 Å². The first kappa shape index (κ1) is 27.1. The quantitative estimate of drug-likeness (QED) is 0.299. The maximum absolute atomic E-state index is 13.6. The third-order valence-electron chi connectivity index (χ3n) is 6.10. The number of aromatic nitrogens is 3. The van der Waals surface area contributed by atoms with Crippen LogP contribution in [0.25, 0.3) is 5.57 Å². The van der Waals surface area contributed by atoms with Gasteiger partial charge < -0.3 is 4.74 Å². The van der Waals surface area contributed by atoms with Crippen molar-refractivity contribution in [3.8, 4) is 5.75 Å². The minimum atomic E-state index is -4.57. The smallest absolute Gasteiger partial charge is 0.416 e. The molecule has 3 heterocycles. The molecule has 38 heavy (non-hydrogen) atoms. The molecule has 0 bridgehead atoms. The van der Waals surface area contributed by atoms with Crippen molar-refractivity contribution in [2.24, 2.45) is 7.05 Å². The fraction of sp³-hybridized carbons (Fsp3) is 0.231. The van der Waals surface area contributed by atoms with Crippen LogP contribution in [0.3, 0.4) is 0 Å². The van der Waals surface area contributed by atoms with Gasteiger partial charge in [-0.25, -0.2) is 17.8 Å². The third kappa shape index (κ3) is 5.64. The third-order valence-corrected chi connectivity index (χ3v) is 7.45. The van der Waals surface area contributed by atoms with Gasteiger partial charge in [-0.3, -0.25) is 9.40 Å². The normalized spacial score (nSPS) is 16.5. The molecule has 0 saturated carbocycles. The molecule has 3 aromatic rings. The van der Waals surface area contributed by atoms with Crippen LogP contribution in [0.1, 0.15) is 30.5 Å². The fourth-order valence-corrected chi connectivity index (χ4v) is 5.21. The summed E-state index contributed by atoms with van der Waals surface area (Å²) >= 11 is 0. The van der Waals surface area contributed by atoms with Crippen molar-refractivity contribution in [2.45, 2.75) is 30.3 Å². The van der Waals surface area contributed by atoms with Crippen LogP contribution in [-0.2, 0) is 17.1 Å². The number of hydrogen-bond donors (Lipinski definition) is 1. The van der Waals surface area contributed by atoms with Gasteiger partial charge in [-0.05, 0) is 43.2 Å². The number of allylic oxidation sites excluding steroid dienone is 5. The van der Waals surface area contributed by atoms with Crippen LogP contribution in [0, 0.1) is 5.82 Å². The van der Waals surface area contributed by atoms with Gasteiger partial charge in [-0.2, -0.15) is 18.3 Å². The first-order valence-corrected chi connectivity index (χ1v) is 12.9. The molecule has 0 aliphatic carbocycles. The maximum atomic E-state index is 13.6. The van der Waals surface area contributed by atoms with Crippen LogP contribution < -0.4 is 9.46 Å². The zero-order chi connectivity index (χ0) is 27.7. The summed E-state index contributed by atoms with van der Waals surface area (Å²) in [6.07, 6.45) is 0.483. The van der Waals surface area contributed by atoms with E-state index in [4.69, 9.17) is 4.74 Å². The summed E-state index contributed by atoms with van der Waals surface area (Å²) in [6, 6.07) is 7.83. The highest BCUT2D eigenvalue weighted by Crippen LogP contribution is 2.44. The second kappa shape index (κ2) is 10.4. The van der Waals surface area contributed by atoms with E-state index in [9.17, 15) is 26.0 Å². The number of alkyl halides is 3. The molecular formula is C26H24F4N4O3S. The Balaban J connectivity index is 1.71. The van der Waals surface area contributed by atoms with Gasteiger partial charge in [-0.1, -0.05) is 18.7 Å². The molecular weight excluding hydrogens is 524 g/mol. The van der Waals surface area contributed by atoms with Gasteiger partial charge in [0.05, 0.1) is 22.8 Å². The lowest BCUT2D eigenvalue weighted by molar-refractivity contribution is -0.0882. The van der Waals surface area contributed by atoms with E-state index in [-0.39, 0.29) is 28.6 Å². The Bertz CT molecular complexity index is 1540. The van der Waals surface area contributed by atoms with Gasteiger partial charge in [0, 0.05) is 48.6 Å². The van der Waals surface area contributed by atoms with E-state index in [1.54, 1.807) is 19.2 Å². The average molecular weight is 549 g/mol. The highest BCUT2D eigenvalue weighted by molar-refractivity contribution is 7.92. The van der Waals surface area contributed by atoms with Crippen LogP contribution >= 0.6 is 0 Å². The Hall–Kier alpha value is -3.93. The Morgan fingerprint density at radius 1 is 1.21 bits per heavy atom. The molecule has 1 aromatic carbocycles. The largest absolute Gasteiger partial charge is 0.493 e. The average Bonchev–Trinajstić information content (AvgIpc) is 3.28. The van der Waals surface area contributed by atoms with Gasteiger partial charge >= 0.3 is 6.18 Å². The Morgan fingerprint density at radius 2 is 1.97 bits per heavy atom. The van der Waals surface area contributed by atoms with Crippen LogP contribution in [0.15, 0.2) is 83.6 Å². The molecule has 1 N–H and O–H groups in total. The second-order valence-electron chi connectivity index (χ2n) is 8.52. The number of sulfonamides is 1. The van der Waals surface area contributed by atoms with Gasteiger partial charge in [0.1, 0.15) is 17.4 Å². The number of fused-ring (bicyclic) bond motifs is 1. The second-order valence-corrected chi connectivity index (χ2v) is 10.2. The van der Waals surface area contributed by atoms with Crippen LogP contribution in [0.2, 0.25) is 0 Å². The van der Waals surface area contributed by atoms with Crippen molar-refractivity contribution in [1.82, 2.24) is 14.8 Å². The molecule has 4 rings (SSSR count). The molecule has 2 aromatic heterocycles. The van der Waals surface area contributed by atoms with Crippen molar-refractivity contribution in [1.29, 1.82) is 0 Å². The summed E-state index contributed by atoms with van der Waals surface area (Å²) < 4.78 is 89.5. The lowest BCUT2D eigenvalue weighted by atomic mass is 9.82. The first-order valence-electron chi connectivity index (χ1n) is 11.4. The number of pyridine rings is 1. The summed E-state index contributed by atoms with van der Waals surface area (Å²) in [7, 11) is -2.51. The van der Waals surface area contributed by atoms with Crippen molar-refractivity contribution in [2.75, 3.05) is 11.3 Å². The standard InChI is InChI=1S/C26H24F4N4O3S/c1-4-17(26(28,29)30)13-22(23-8-11-32-34(23)3)16(2)20-9-12-37-24-15-19(5-6-21(20)24)38(35,36)33-25-14-18(27)7-10-31-25/h4-8,10-11,13-15,20H,2,9,12H2,1,3H3,(H,31,33)/b17-4+,22-13+/t20-/m0/s1. The van der Waals surface area contributed by atoms with E-state index in [0.29, 0.717) is 23.3 Å². The van der Waals surface area contributed by atoms with E-state index in [1.165, 1.54) is 29.9 Å². The predicted octanol–water partition coefficient (Wildman–Crippen LogP) is 5.77. The van der Waals surface area contributed by atoms with E-state index in [2.05, 4.69) is 21.4 Å². The van der Waals surface area contributed by atoms with Crippen molar-refractivity contribution >= 4 is 21.4 Å². The minimum absolute atomic E-state index is 0.149. The minimum Gasteiger partial charge on any atom is -0.493 e. The molecule has 0 amide bonds. The van der Waals surface area contributed by atoms with Gasteiger partial charge in [0.2, 0.25) is 0 Å². The lowest BCUT2D eigenvalue weighted by Crippen LogP contribution is -2.19. The number of nitrogens with one attached hydrogen (secondary N) is 1. The van der Waals surface area contributed by atoms with Crippen LogP contribution in [0.4, 0.5) is 23.4 Å². The number of aryl methyl sites for hydroxylation is 1. The number of ether oxygens (including phenoxy) is 1. The Kier molecular flexibility index (Phi) is 7.45. The molecule has 200 valence electrons. The predicted molar refractivity (Wildman–Crippen MR) is 134 cm³/mol. The Labute approximate surface area is 217 Å². The SMILES string of the molecule is C=C(/C(=C\C(=C/C)C(F)(F)F)c1ccnn1C)[C@@H]1CCOc2cc(S(=O)(=O)Nc3cc(F)ccn3)ccc21. The molecule has 0 fully saturated rings. The van der Waals surface area contributed by atoms with Crippen LogP contribution in [0.5, 0.6) is 5.75 Å². The molecule has 1 atom stereocenters. The van der Waals surface area contributed by atoms with Crippen molar-refractivity contribution < 1.29 is 30.7 Å². The molecule has 7 nitrogen and oxygen atoms in total. The summed E-state index contributed by atoms with van der Waals surface area (Å²) in [5, 5.41) is 4.09. The number of rotatable bonds is 7. The molecule has 1 aliphatic heterocycles. The molecule has 0 unspecified atom stereocenters. The van der Waals surface area contributed by atoms with E-state index >= 15 is 0 Å². The number of nitrogens with zero attached hydrogens (tertiary/aromatic N) is 3. The van der Waals surface area contributed by atoms with Gasteiger partial charge in [0.15, 0.2) is 0 Å². The number of benzene rings is 1. The zero-order valence-corrected chi connectivity index (χ0v) is 21.3. The summed E-state index contributed by atoms with van der Waals surface area (Å²) in [5.41, 5.74) is 0.840. The highest BCUT2D eigenvalue weighted by Gasteiger charge is 2.34. The Morgan fingerprint density at radius 3 is 2.61 bits per heavy atom. The first-order chi connectivity index (χ1) is 17.9. The van der Waals surface area contributed by atoms with Gasteiger partial charge in [0.25, 0.3) is 10.0 Å². The molecule has 1 aliphatic rings. The maximum Gasteiger partial charge on any atom is 0.416 e. The molecule has 0 saturated heterocycles. The summed E-state index contributed by atoms with van der Waals surface area (Å²) in [5.74, 6) is -1.05. The molecule has 12 heteroatoms. The van der Waals surface area contributed by atoms with E-state index in [0.717, 1.165) is 30.5 Å². The number of anilines is 1. The fourth-order valence-electron chi connectivity index (χ4n) is 4.20. The zero-order valence-electron chi connectivity index (χ0n) is 20.5. The summed E-state index contributed by atoms with van der Waals surface area (Å²) in [6.45, 7) is 5.64. The number of hydrogen-bond acceptors (Lipinski definition) is 5. The number of halogens is 4. The van der Waals surface area contributed by atoms with E-state index < -0.39 is 33.5 Å². The lowest BCUT2D eigenvalue weighted by Gasteiger charge is -2.29. The highest BCUT2D eigenvalue weighted by atomic mass is 32.2.